The number of benzene rings is 2. The van der Waals surface area contributed by atoms with Crippen molar-refractivity contribution < 1.29 is 19.1 Å². The van der Waals surface area contributed by atoms with Crippen molar-refractivity contribution in [2.45, 2.75) is 26.7 Å². The number of hydrazone groups is 1. The summed E-state index contributed by atoms with van der Waals surface area (Å²) < 4.78 is 11.0. The van der Waals surface area contributed by atoms with Gasteiger partial charge in [0.05, 0.1) is 11.8 Å². The van der Waals surface area contributed by atoms with E-state index in [0.717, 1.165) is 16.7 Å². The average Bonchev–Trinajstić information content (AvgIpc) is 3.07. The van der Waals surface area contributed by atoms with E-state index < -0.39 is 5.91 Å². The topological polar surface area (TPSA) is 84.1 Å². The van der Waals surface area contributed by atoms with Crippen molar-refractivity contribution in [1.29, 1.82) is 0 Å². The van der Waals surface area contributed by atoms with Gasteiger partial charge in [-0.15, -0.1) is 0 Å². The molecule has 0 saturated heterocycles. The van der Waals surface area contributed by atoms with Gasteiger partial charge in [0.2, 0.25) is 0 Å². The van der Waals surface area contributed by atoms with E-state index in [1.165, 1.54) is 6.21 Å². The maximum atomic E-state index is 12.0. The SMILES string of the molecule is Cc1ccc(C(C)C)c(OCC(=O)NN=Cc2cc(-c3ccccc3)oc2O)c1. The third-order valence-corrected chi connectivity index (χ3v) is 4.34. The Hall–Kier alpha value is -3.54. The number of amides is 1. The second kappa shape index (κ2) is 9.10. The lowest BCUT2D eigenvalue weighted by Gasteiger charge is -2.14. The molecule has 0 unspecified atom stereocenters. The van der Waals surface area contributed by atoms with Crippen molar-refractivity contribution in [3.8, 4) is 23.0 Å². The van der Waals surface area contributed by atoms with E-state index in [-0.39, 0.29) is 18.5 Å². The largest absolute Gasteiger partial charge is 0.483 e. The smallest absolute Gasteiger partial charge is 0.291 e. The monoisotopic (exact) mass is 392 g/mol. The van der Waals surface area contributed by atoms with Crippen molar-refractivity contribution in [2.75, 3.05) is 6.61 Å². The summed E-state index contributed by atoms with van der Waals surface area (Å²) in [4.78, 5) is 12.0. The molecule has 0 radical (unpaired) electrons. The second-order valence-corrected chi connectivity index (χ2v) is 7.02. The Balaban J connectivity index is 1.58. The van der Waals surface area contributed by atoms with Crippen LogP contribution in [0, 0.1) is 6.92 Å². The summed E-state index contributed by atoms with van der Waals surface area (Å²) >= 11 is 0. The number of nitrogens with zero attached hydrogens (tertiary/aromatic N) is 1. The molecule has 3 aromatic rings. The molecule has 6 nitrogen and oxygen atoms in total. The molecule has 0 aliphatic carbocycles. The van der Waals surface area contributed by atoms with E-state index in [1.807, 2.05) is 55.5 Å². The molecule has 3 rings (SSSR count). The number of aromatic hydroxyl groups is 1. The van der Waals surface area contributed by atoms with Crippen molar-refractivity contribution in [3.05, 3.63) is 71.3 Å². The minimum Gasteiger partial charge on any atom is -0.483 e. The van der Waals surface area contributed by atoms with Gasteiger partial charge >= 0.3 is 0 Å². The van der Waals surface area contributed by atoms with Crippen molar-refractivity contribution in [3.63, 3.8) is 0 Å². The molecule has 29 heavy (non-hydrogen) atoms. The van der Waals surface area contributed by atoms with E-state index in [1.54, 1.807) is 6.07 Å². The minimum atomic E-state index is -0.399. The molecule has 0 bridgehead atoms. The highest BCUT2D eigenvalue weighted by atomic mass is 16.5. The van der Waals surface area contributed by atoms with E-state index in [4.69, 9.17) is 9.15 Å². The van der Waals surface area contributed by atoms with Gasteiger partial charge in [-0.3, -0.25) is 4.79 Å². The zero-order chi connectivity index (χ0) is 20.8. The van der Waals surface area contributed by atoms with Crippen LogP contribution in [0.15, 0.2) is 64.1 Å². The first kappa shape index (κ1) is 20.2. The summed E-state index contributed by atoms with van der Waals surface area (Å²) in [6, 6.07) is 17.0. The summed E-state index contributed by atoms with van der Waals surface area (Å²) in [7, 11) is 0. The standard InChI is InChI=1S/C23H24N2O4/c1-15(2)19-10-9-16(3)11-21(19)28-14-22(26)25-24-13-18-12-20(29-23(18)27)17-7-5-4-6-8-17/h4-13,15,27H,14H2,1-3H3,(H,25,26). The highest BCUT2D eigenvalue weighted by Gasteiger charge is 2.11. The predicted octanol–water partition coefficient (Wildman–Crippen LogP) is 4.61. The van der Waals surface area contributed by atoms with Crippen LogP contribution in [0.1, 0.15) is 36.5 Å². The van der Waals surface area contributed by atoms with Gasteiger partial charge in [-0.2, -0.15) is 5.10 Å². The number of rotatable bonds is 7. The highest BCUT2D eigenvalue weighted by Crippen LogP contribution is 2.29. The van der Waals surface area contributed by atoms with E-state index >= 15 is 0 Å². The summed E-state index contributed by atoms with van der Waals surface area (Å²) in [5.41, 5.74) is 5.70. The van der Waals surface area contributed by atoms with Crippen LogP contribution in [0.5, 0.6) is 11.7 Å². The minimum absolute atomic E-state index is 0.160. The molecule has 150 valence electrons. The van der Waals surface area contributed by atoms with Crippen LogP contribution in [0.4, 0.5) is 0 Å². The highest BCUT2D eigenvalue weighted by molar-refractivity contribution is 5.86. The first-order valence-corrected chi connectivity index (χ1v) is 9.37. The third kappa shape index (κ3) is 5.25. The molecule has 2 N–H and O–H groups in total. The van der Waals surface area contributed by atoms with E-state index in [2.05, 4.69) is 24.4 Å². The molecular weight excluding hydrogens is 368 g/mol. The van der Waals surface area contributed by atoms with Crippen LogP contribution in [0.3, 0.4) is 0 Å². The van der Waals surface area contributed by atoms with Gasteiger partial charge in [0, 0.05) is 5.56 Å². The first-order valence-electron chi connectivity index (χ1n) is 9.37. The summed E-state index contributed by atoms with van der Waals surface area (Å²) in [6.45, 7) is 5.96. The fourth-order valence-electron chi connectivity index (χ4n) is 2.83. The summed E-state index contributed by atoms with van der Waals surface area (Å²) in [5.74, 6) is 0.830. The number of hydrogen-bond donors (Lipinski definition) is 2. The lowest BCUT2D eigenvalue weighted by molar-refractivity contribution is -0.123. The molecule has 0 aliphatic heterocycles. The van der Waals surface area contributed by atoms with Crippen LogP contribution < -0.4 is 10.2 Å². The third-order valence-electron chi connectivity index (χ3n) is 4.34. The number of carbonyl (C=O) groups is 1. The number of hydrogen-bond acceptors (Lipinski definition) is 5. The van der Waals surface area contributed by atoms with Crippen LogP contribution in [-0.4, -0.2) is 23.8 Å². The molecule has 6 heteroatoms. The summed E-state index contributed by atoms with van der Waals surface area (Å²) in [5, 5.41) is 13.8. The number of carbonyl (C=O) groups excluding carboxylic acids is 1. The molecule has 0 atom stereocenters. The number of aryl methyl sites for hydroxylation is 1. The van der Waals surface area contributed by atoms with Gasteiger partial charge in [0.15, 0.2) is 6.61 Å². The Morgan fingerprint density at radius 1 is 1.21 bits per heavy atom. The van der Waals surface area contributed by atoms with Crippen LogP contribution in [-0.2, 0) is 4.79 Å². The van der Waals surface area contributed by atoms with Gasteiger partial charge in [-0.25, -0.2) is 5.43 Å². The van der Waals surface area contributed by atoms with Crippen molar-refractivity contribution in [2.24, 2.45) is 5.10 Å². The maximum Gasteiger partial charge on any atom is 0.291 e. The van der Waals surface area contributed by atoms with Gasteiger partial charge in [-0.05, 0) is 36.1 Å². The maximum absolute atomic E-state index is 12.0. The van der Waals surface area contributed by atoms with Gasteiger partial charge in [0.1, 0.15) is 11.5 Å². The number of furan rings is 1. The molecule has 2 aromatic carbocycles. The Morgan fingerprint density at radius 2 is 1.97 bits per heavy atom. The van der Waals surface area contributed by atoms with E-state index in [0.29, 0.717) is 17.1 Å². The van der Waals surface area contributed by atoms with Crippen LogP contribution in [0.25, 0.3) is 11.3 Å². The quantitative estimate of drug-likeness (QED) is 0.454. The van der Waals surface area contributed by atoms with Crippen molar-refractivity contribution in [1.82, 2.24) is 5.43 Å². The lowest BCUT2D eigenvalue weighted by atomic mass is 10.0. The molecule has 1 amide bonds. The fraction of sp³-hybridized carbons (Fsp3) is 0.217. The molecule has 0 fully saturated rings. The molecular formula is C23H24N2O4. The molecule has 1 heterocycles. The molecule has 1 aromatic heterocycles. The Kier molecular flexibility index (Phi) is 6.34. The average molecular weight is 392 g/mol. The van der Waals surface area contributed by atoms with Gasteiger partial charge in [-0.1, -0.05) is 56.3 Å². The van der Waals surface area contributed by atoms with Crippen LogP contribution in [0.2, 0.25) is 0 Å². The van der Waals surface area contributed by atoms with E-state index in [9.17, 15) is 9.90 Å². The normalized spacial score (nSPS) is 11.2. The zero-order valence-corrected chi connectivity index (χ0v) is 16.7. The number of nitrogens with one attached hydrogen (secondary N) is 1. The Morgan fingerprint density at radius 3 is 2.69 bits per heavy atom. The van der Waals surface area contributed by atoms with Crippen molar-refractivity contribution >= 4 is 12.1 Å². The van der Waals surface area contributed by atoms with Gasteiger partial charge in [0.25, 0.3) is 11.9 Å². The Bertz CT molecular complexity index is 1010. The van der Waals surface area contributed by atoms with Gasteiger partial charge < -0.3 is 14.3 Å². The second-order valence-electron chi connectivity index (χ2n) is 7.02. The first-order chi connectivity index (χ1) is 13.9. The number of ether oxygens (including phenoxy) is 1. The Labute approximate surface area is 169 Å². The predicted molar refractivity (Wildman–Crippen MR) is 112 cm³/mol. The zero-order valence-electron chi connectivity index (χ0n) is 16.7. The van der Waals surface area contributed by atoms with Crippen LogP contribution >= 0.6 is 0 Å². The lowest BCUT2D eigenvalue weighted by Crippen LogP contribution is -2.24. The fourth-order valence-corrected chi connectivity index (χ4v) is 2.83. The molecule has 0 saturated carbocycles. The summed E-state index contributed by atoms with van der Waals surface area (Å²) in [6.07, 6.45) is 1.33. The molecule has 0 spiro atoms. The molecule has 0 aliphatic rings.